The van der Waals surface area contributed by atoms with Gasteiger partial charge >= 0.3 is 0 Å². The van der Waals surface area contributed by atoms with Crippen molar-refractivity contribution in [2.75, 3.05) is 19.0 Å². The van der Waals surface area contributed by atoms with E-state index < -0.39 is 0 Å². The molecule has 0 spiro atoms. The van der Waals surface area contributed by atoms with Crippen LogP contribution in [0, 0.1) is 0 Å². The number of methoxy groups -OCH3 is 1. The highest BCUT2D eigenvalue weighted by molar-refractivity contribution is 5.91. The highest BCUT2D eigenvalue weighted by atomic mass is 16.5. The summed E-state index contributed by atoms with van der Waals surface area (Å²) in [5, 5.41) is 4.44. The van der Waals surface area contributed by atoms with Gasteiger partial charge in [-0.15, -0.1) is 0 Å². The number of rotatable bonds is 5. The number of nitrogens with two attached hydrogens (primary N) is 1. The maximum atomic E-state index is 5.74. The molecule has 0 aliphatic rings. The number of hydrogen-bond donors (Lipinski definition) is 2. The van der Waals surface area contributed by atoms with Crippen molar-refractivity contribution >= 4 is 16.6 Å². The second kappa shape index (κ2) is 5.69. The normalized spacial score (nSPS) is 12.4. The molecule has 2 rings (SSSR count). The zero-order chi connectivity index (χ0) is 13.0. The van der Waals surface area contributed by atoms with Gasteiger partial charge in [0.2, 0.25) is 0 Å². The lowest BCUT2D eigenvalue weighted by Crippen LogP contribution is -2.19. The molecule has 0 bridgehead atoms. The number of aromatic nitrogens is 1. The number of anilines is 1. The lowest BCUT2D eigenvalue weighted by Gasteiger charge is -2.12. The van der Waals surface area contributed by atoms with Crippen molar-refractivity contribution in [2.24, 2.45) is 5.73 Å². The van der Waals surface area contributed by atoms with Crippen LogP contribution in [0.25, 0.3) is 10.9 Å². The molecule has 18 heavy (non-hydrogen) atoms. The third-order valence-corrected chi connectivity index (χ3v) is 2.83. The van der Waals surface area contributed by atoms with E-state index in [0.29, 0.717) is 0 Å². The van der Waals surface area contributed by atoms with E-state index in [9.17, 15) is 0 Å². The topological polar surface area (TPSA) is 60.2 Å². The van der Waals surface area contributed by atoms with Crippen molar-refractivity contribution in [2.45, 2.75) is 19.4 Å². The molecule has 3 N–H and O–H groups in total. The molecule has 1 atom stereocenters. The molecule has 0 saturated heterocycles. The number of hydrogen-bond acceptors (Lipinski definition) is 4. The fourth-order valence-electron chi connectivity index (χ4n) is 1.85. The Morgan fingerprint density at radius 1 is 1.44 bits per heavy atom. The Bertz CT molecular complexity index is 525. The summed E-state index contributed by atoms with van der Waals surface area (Å²) in [5.41, 5.74) is 7.70. The molecule has 4 heteroatoms. The van der Waals surface area contributed by atoms with Crippen LogP contribution in [0.5, 0.6) is 5.75 Å². The van der Waals surface area contributed by atoms with Crippen LogP contribution in [0.2, 0.25) is 0 Å². The van der Waals surface area contributed by atoms with Gasteiger partial charge in [0.25, 0.3) is 0 Å². The summed E-state index contributed by atoms with van der Waals surface area (Å²) in [7, 11) is 1.67. The van der Waals surface area contributed by atoms with E-state index in [0.717, 1.165) is 35.3 Å². The van der Waals surface area contributed by atoms with Crippen LogP contribution in [0.1, 0.15) is 13.3 Å². The standard InChI is InChI=1S/C14H19N3O/c1-10(15)5-7-16-13-9-12(18-2)8-11-4-3-6-17-14(11)13/h3-4,6,8-10,16H,5,7,15H2,1-2H3. The Labute approximate surface area is 107 Å². The molecule has 1 unspecified atom stereocenters. The number of ether oxygens (including phenoxy) is 1. The Morgan fingerprint density at radius 3 is 3.00 bits per heavy atom. The van der Waals surface area contributed by atoms with E-state index in [1.54, 1.807) is 13.3 Å². The van der Waals surface area contributed by atoms with E-state index in [4.69, 9.17) is 10.5 Å². The molecular weight excluding hydrogens is 226 g/mol. The van der Waals surface area contributed by atoms with Crippen LogP contribution < -0.4 is 15.8 Å². The average molecular weight is 245 g/mol. The van der Waals surface area contributed by atoms with Crippen molar-refractivity contribution in [3.8, 4) is 5.75 Å². The minimum Gasteiger partial charge on any atom is -0.497 e. The third kappa shape index (κ3) is 2.90. The predicted molar refractivity (Wildman–Crippen MR) is 75.1 cm³/mol. The number of nitrogens with zero attached hydrogens (tertiary/aromatic N) is 1. The molecule has 1 aromatic carbocycles. The minimum absolute atomic E-state index is 0.197. The van der Waals surface area contributed by atoms with Crippen LogP contribution in [0.3, 0.4) is 0 Å². The SMILES string of the molecule is COc1cc(NCCC(C)N)c2ncccc2c1. The van der Waals surface area contributed by atoms with Crippen molar-refractivity contribution in [1.82, 2.24) is 4.98 Å². The highest BCUT2D eigenvalue weighted by Crippen LogP contribution is 2.27. The molecule has 0 fully saturated rings. The van der Waals surface area contributed by atoms with Gasteiger partial charge in [-0.05, 0) is 25.5 Å². The molecule has 1 heterocycles. The molecule has 0 amide bonds. The second-order valence-corrected chi connectivity index (χ2v) is 4.44. The molecule has 4 nitrogen and oxygen atoms in total. The van der Waals surface area contributed by atoms with Crippen molar-refractivity contribution in [3.05, 3.63) is 30.5 Å². The van der Waals surface area contributed by atoms with E-state index in [1.807, 2.05) is 31.2 Å². The Kier molecular flexibility index (Phi) is 3.99. The Hall–Kier alpha value is -1.81. The number of benzene rings is 1. The molecule has 0 aliphatic heterocycles. The van der Waals surface area contributed by atoms with Crippen molar-refractivity contribution in [1.29, 1.82) is 0 Å². The maximum absolute atomic E-state index is 5.74. The number of nitrogens with one attached hydrogen (secondary N) is 1. The van der Waals surface area contributed by atoms with E-state index in [1.165, 1.54) is 0 Å². The quantitative estimate of drug-likeness (QED) is 0.849. The van der Waals surface area contributed by atoms with Crippen LogP contribution in [0.15, 0.2) is 30.5 Å². The molecule has 0 saturated carbocycles. The van der Waals surface area contributed by atoms with E-state index >= 15 is 0 Å². The van der Waals surface area contributed by atoms with Crippen molar-refractivity contribution in [3.63, 3.8) is 0 Å². The summed E-state index contributed by atoms with van der Waals surface area (Å²) < 4.78 is 5.30. The third-order valence-electron chi connectivity index (χ3n) is 2.83. The highest BCUT2D eigenvalue weighted by Gasteiger charge is 2.05. The lowest BCUT2D eigenvalue weighted by molar-refractivity contribution is 0.415. The van der Waals surface area contributed by atoms with Gasteiger partial charge in [0.1, 0.15) is 5.75 Å². The first-order chi connectivity index (χ1) is 8.70. The first-order valence-corrected chi connectivity index (χ1v) is 6.13. The van der Waals surface area contributed by atoms with Gasteiger partial charge in [0.15, 0.2) is 0 Å². The maximum Gasteiger partial charge on any atom is 0.121 e. The first-order valence-electron chi connectivity index (χ1n) is 6.13. The molecule has 2 aromatic rings. The van der Waals surface area contributed by atoms with Crippen LogP contribution >= 0.6 is 0 Å². The van der Waals surface area contributed by atoms with E-state index in [2.05, 4.69) is 10.3 Å². The molecular formula is C14H19N3O. The predicted octanol–water partition coefficient (Wildman–Crippen LogP) is 2.39. The minimum atomic E-state index is 0.197. The smallest absolute Gasteiger partial charge is 0.121 e. The first kappa shape index (κ1) is 12.6. The van der Waals surface area contributed by atoms with Gasteiger partial charge in [-0.1, -0.05) is 6.07 Å². The van der Waals surface area contributed by atoms with Crippen LogP contribution in [-0.2, 0) is 0 Å². The molecule has 0 aliphatic carbocycles. The van der Waals surface area contributed by atoms with Gasteiger partial charge in [-0.3, -0.25) is 4.98 Å². The average Bonchev–Trinajstić information content (AvgIpc) is 2.38. The summed E-state index contributed by atoms with van der Waals surface area (Å²) in [4.78, 5) is 4.41. The van der Waals surface area contributed by atoms with Gasteiger partial charge in [-0.25, -0.2) is 0 Å². The van der Waals surface area contributed by atoms with Gasteiger partial charge in [0.05, 0.1) is 18.3 Å². The summed E-state index contributed by atoms with van der Waals surface area (Å²) in [6.45, 7) is 2.83. The van der Waals surface area contributed by atoms with E-state index in [-0.39, 0.29) is 6.04 Å². The zero-order valence-electron chi connectivity index (χ0n) is 10.8. The number of pyridine rings is 1. The van der Waals surface area contributed by atoms with Crippen molar-refractivity contribution < 1.29 is 4.74 Å². The Balaban J connectivity index is 2.29. The molecule has 1 aromatic heterocycles. The second-order valence-electron chi connectivity index (χ2n) is 4.44. The van der Waals surface area contributed by atoms with Gasteiger partial charge < -0.3 is 15.8 Å². The fraction of sp³-hybridized carbons (Fsp3) is 0.357. The molecule has 0 radical (unpaired) electrons. The van der Waals surface area contributed by atoms with Crippen LogP contribution in [0.4, 0.5) is 5.69 Å². The summed E-state index contributed by atoms with van der Waals surface area (Å²) >= 11 is 0. The zero-order valence-corrected chi connectivity index (χ0v) is 10.8. The number of fused-ring (bicyclic) bond motifs is 1. The monoisotopic (exact) mass is 245 g/mol. The summed E-state index contributed by atoms with van der Waals surface area (Å²) in [5.74, 6) is 0.832. The largest absolute Gasteiger partial charge is 0.497 e. The lowest BCUT2D eigenvalue weighted by atomic mass is 10.1. The van der Waals surface area contributed by atoms with Gasteiger partial charge in [0, 0.05) is 30.2 Å². The molecule has 96 valence electrons. The van der Waals surface area contributed by atoms with Gasteiger partial charge in [-0.2, -0.15) is 0 Å². The van der Waals surface area contributed by atoms with Crippen LogP contribution in [-0.4, -0.2) is 24.7 Å². The Morgan fingerprint density at radius 2 is 2.28 bits per heavy atom. The fourth-order valence-corrected chi connectivity index (χ4v) is 1.85. The summed E-state index contributed by atoms with van der Waals surface area (Å²) in [6, 6.07) is 8.10. The summed E-state index contributed by atoms with van der Waals surface area (Å²) in [6.07, 6.45) is 2.72.